The van der Waals surface area contributed by atoms with Crippen molar-refractivity contribution in [3.05, 3.63) is 24.3 Å². The molecule has 0 aromatic heterocycles. The molecule has 1 aromatic carbocycles. The fourth-order valence-electron chi connectivity index (χ4n) is 3.54. The van der Waals surface area contributed by atoms with Crippen molar-refractivity contribution in [2.75, 3.05) is 69.2 Å². The highest BCUT2D eigenvalue weighted by Crippen LogP contribution is 2.22. The van der Waals surface area contributed by atoms with E-state index in [9.17, 15) is 9.59 Å². The normalized spacial score (nSPS) is 17.7. The van der Waals surface area contributed by atoms with Crippen molar-refractivity contribution in [1.82, 2.24) is 9.80 Å². The molecular formula is C20H30N4O3. The number of anilines is 2. The van der Waals surface area contributed by atoms with Crippen molar-refractivity contribution in [3.63, 3.8) is 0 Å². The van der Waals surface area contributed by atoms with Crippen LogP contribution in [-0.4, -0.2) is 80.6 Å². The second-order valence-electron chi connectivity index (χ2n) is 7.18. The molecular weight excluding hydrogens is 344 g/mol. The van der Waals surface area contributed by atoms with Crippen molar-refractivity contribution >= 4 is 23.2 Å². The summed E-state index contributed by atoms with van der Waals surface area (Å²) in [6, 6.07) is 7.94. The number of rotatable bonds is 7. The van der Waals surface area contributed by atoms with Crippen LogP contribution in [0.2, 0.25) is 0 Å². The molecule has 3 rings (SSSR count). The van der Waals surface area contributed by atoms with Gasteiger partial charge < -0.3 is 19.9 Å². The van der Waals surface area contributed by atoms with Gasteiger partial charge in [-0.15, -0.1) is 0 Å². The molecule has 2 aliphatic rings. The maximum Gasteiger partial charge on any atom is 0.243 e. The summed E-state index contributed by atoms with van der Waals surface area (Å²) < 4.78 is 5.34. The lowest BCUT2D eigenvalue weighted by atomic mass is 10.2. The molecule has 27 heavy (non-hydrogen) atoms. The number of hydrogen-bond donors (Lipinski definition) is 1. The van der Waals surface area contributed by atoms with Crippen LogP contribution in [0.1, 0.15) is 19.8 Å². The maximum absolute atomic E-state index is 12.4. The summed E-state index contributed by atoms with van der Waals surface area (Å²) in [5.74, 6) is -0.246. The molecule has 0 bridgehead atoms. The number of benzene rings is 1. The molecule has 0 unspecified atom stereocenters. The van der Waals surface area contributed by atoms with Crippen LogP contribution in [0, 0.1) is 0 Å². The number of hydrogen-bond acceptors (Lipinski definition) is 5. The fraction of sp³-hybridized carbons (Fsp3) is 0.600. The summed E-state index contributed by atoms with van der Waals surface area (Å²) in [6.45, 7) is 8.32. The van der Waals surface area contributed by atoms with E-state index in [2.05, 4.69) is 15.1 Å². The SMILES string of the molecule is CC(=O)N(CCN1CCOCC1)CC(=O)Nc1ccc(N2CCCC2)cc1. The van der Waals surface area contributed by atoms with Crippen LogP contribution in [-0.2, 0) is 14.3 Å². The van der Waals surface area contributed by atoms with Crippen LogP contribution >= 0.6 is 0 Å². The van der Waals surface area contributed by atoms with Gasteiger partial charge in [0.2, 0.25) is 11.8 Å². The molecule has 2 saturated heterocycles. The minimum absolute atomic E-state index is 0.0769. The molecule has 2 heterocycles. The predicted molar refractivity (Wildman–Crippen MR) is 106 cm³/mol. The summed E-state index contributed by atoms with van der Waals surface area (Å²) in [4.78, 5) is 30.5. The minimum Gasteiger partial charge on any atom is -0.379 e. The first-order valence-corrected chi connectivity index (χ1v) is 9.82. The van der Waals surface area contributed by atoms with Crippen molar-refractivity contribution in [1.29, 1.82) is 0 Å². The number of carbonyl (C=O) groups is 2. The summed E-state index contributed by atoms with van der Waals surface area (Å²) in [5.41, 5.74) is 1.96. The third kappa shape index (κ3) is 5.94. The first-order valence-electron chi connectivity index (χ1n) is 9.82. The molecule has 0 radical (unpaired) electrons. The molecule has 1 N–H and O–H groups in total. The number of nitrogens with zero attached hydrogens (tertiary/aromatic N) is 3. The van der Waals surface area contributed by atoms with Gasteiger partial charge in [-0.25, -0.2) is 0 Å². The van der Waals surface area contributed by atoms with E-state index in [4.69, 9.17) is 4.74 Å². The van der Waals surface area contributed by atoms with Gasteiger partial charge in [-0.05, 0) is 37.1 Å². The van der Waals surface area contributed by atoms with E-state index in [-0.39, 0.29) is 18.4 Å². The molecule has 0 aliphatic carbocycles. The Bertz CT molecular complexity index is 623. The minimum atomic E-state index is -0.166. The Morgan fingerprint density at radius 2 is 1.74 bits per heavy atom. The van der Waals surface area contributed by atoms with Gasteiger partial charge in [0.05, 0.1) is 19.8 Å². The Kier molecular flexibility index (Phi) is 7.06. The number of nitrogens with one attached hydrogen (secondary N) is 1. The standard InChI is InChI=1S/C20H30N4O3/c1-17(25)24(11-10-22-12-14-27-15-13-22)16-20(26)21-18-4-6-19(7-5-18)23-8-2-3-9-23/h4-7H,2-3,8-16H2,1H3,(H,21,26). The average molecular weight is 374 g/mol. The Hall–Kier alpha value is -2.12. The predicted octanol–water partition coefficient (Wildman–Crippen LogP) is 1.41. The van der Waals surface area contributed by atoms with Crippen molar-refractivity contribution in [2.24, 2.45) is 0 Å². The highest BCUT2D eigenvalue weighted by Gasteiger charge is 2.17. The monoisotopic (exact) mass is 374 g/mol. The van der Waals surface area contributed by atoms with Gasteiger partial charge in [-0.2, -0.15) is 0 Å². The zero-order chi connectivity index (χ0) is 19.1. The van der Waals surface area contributed by atoms with E-state index >= 15 is 0 Å². The zero-order valence-electron chi connectivity index (χ0n) is 16.2. The lowest BCUT2D eigenvalue weighted by Gasteiger charge is -2.29. The molecule has 7 nitrogen and oxygen atoms in total. The van der Waals surface area contributed by atoms with Gasteiger partial charge in [-0.3, -0.25) is 14.5 Å². The lowest BCUT2D eigenvalue weighted by Crippen LogP contribution is -2.44. The zero-order valence-corrected chi connectivity index (χ0v) is 16.2. The Balaban J connectivity index is 1.47. The molecule has 2 aliphatic heterocycles. The summed E-state index contributed by atoms with van der Waals surface area (Å²) in [7, 11) is 0. The first kappa shape index (κ1) is 19.6. The van der Waals surface area contributed by atoms with Crippen LogP contribution in [0.3, 0.4) is 0 Å². The highest BCUT2D eigenvalue weighted by molar-refractivity contribution is 5.94. The molecule has 7 heteroatoms. The van der Waals surface area contributed by atoms with Crippen LogP contribution in [0.15, 0.2) is 24.3 Å². The van der Waals surface area contributed by atoms with Crippen LogP contribution in [0.25, 0.3) is 0 Å². The molecule has 0 atom stereocenters. The fourth-order valence-corrected chi connectivity index (χ4v) is 3.54. The van der Waals surface area contributed by atoms with Gasteiger partial charge in [0.25, 0.3) is 0 Å². The van der Waals surface area contributed by atoms with Gasteiger partial charge >= 0.3 is 0 Å². The highest BCUT2D eigenvalue weighted by atomic mass is 16.5. The number of morpholine rings is 1. The molecule has 148 valence electrons. The van der Waals surface area contributed by atoms with Crippen molar-refractivity contribution in [2.45, 2.75) is 19.8 Å². The van der Waals surface area contributed by atoms with E-state index in [1.165, 1.54) is 25.5 Å². The third-order valence-electron chi connectivity index (χ3n) is 5.19. The Morgan fingerprint density at radius 3 is 2.37 bits per heavy atom. The van der Waals surface area contributed by atoms with E-state index < -0.39 is 0 Å². The Morgan fingerprint density at radius 1 is 1.07 bits per heavy atom. The summed E-state index contributed by atoms with van der Waals surface area (Å²) in [5, 5.41) is 2.90. The molecule has 2 amide bonds. The van der Waals surface area contributed by atoms with E-state index in [1.54, 1.807) is 4.90 Å². The van der Waals surface area contributed by atoms with E-state index in [1.807, 2.05) is 24.3 Å². The second-order valence-corrected chi connectivity index (χ2v) is 7.18. The maximum atomic E-state index is 12.4. The van der Waals surface area contributed by atoms with Crippen LogP contribution < -0.4 is 10.2 Å². The molecule has 1 aromatic rings. The summed E-state index contributed by atoms with van der Waals surface area (Å²) in [6.07, 6.45) is 2.48. The van der Waals surface area contributed by atoms with Crippen molar-refractivity contribution < 1.29 is 14.3 Å². The number of ether oxygens (including phenoxy) is 1. The van der Waals surface area contributed by atoms with Crippen LogP contribution in [0.4, 0.5) is 11.4 Å². The van der Waals surface area contributed by atoms with Gasteiger partial charge in [0.15, 0.2) is 0 Å². The first-order chi connectivity index (χ1) is 13.1. The number of amides is 2. The van der Waals surface area contributed by atoms with Crippen molar-refractivity contribution in [3.8, 4) is 0 Å². The third-order valence-corrected chi connectivity index (χ3v) is 5.19. The second kappa shape index (κ2) is 9.71. The summed E-state index contributed by atoms with van der Waals surface area (Å²) >= 11 is 0. The average Bonchev–Trinajstić information content (AvgIpc) is 3.21. The van der Waals surface area contributed by atoms with Crippen LogP contribution in [0.5, 0.6) is 0 Å². The van der Waals surface area contributed by atoms with Gasteiger partial charge in [0, 0.05) is 57.6 Å². The molecule has 2 fully saturated rings. The van der Waals surface area contributed by atoms with E-state index in [0.29, 0.717) is 6.54 Å². The quantitative estimate of drug-likeness (QED) is 0.782. The topological polar surface area (TPSA) is 65.1 Å². The van der Waals surface area contributed by atoms with Gasteiger partial charge in [0.1, 0.15) is 0 Å². The lowest BCUT2D eigenvalue weighted by molar-refractivity contribution is -0.133. The molecule has 0 spiro atoms. The number of carbonyl (C=O) groups excluding carboxylic acids is 2. The Labute approximate surface area is 161 Å². The smallest absolute Gasteiger partial charge is 0.243 e. The molecule has 0 saturated carbocycles. The largest absolute Gasteiger partial charge is 0.379 e. The van der Waals surface area contributed by atoms with E-state index in [0.717, 1.165) is 51.6 Å². The van der Waals surface area contributed by atoms with Gasteiger partial charge in [-0.1, -0.05) is 0 Å².